The molecule has 0 bridgehead atoms. The number of methoxy groups -OCH3 is 4. The maximum atomic E-state index is 5.50. The molecule has 0 heterocycles. The van der Waals surface area contributed by atoms with Gasteiger partial charge in [-0.15, -0.1) is 24.0 Å². The lowest BCUT2D eigenvalue weighted by Gasteiger charge is -2.17. The molecule has 0 aliphatic heterocycles. The van der Waals surface area contributed by atoms with Crippen molar-refractivity contribution in [2.24, 2.45) is 4.99 Å². The lowest BCUT2D eigenvalue weighted by Crippen LogP contribution is -2.38. The zero-order chi connectivity index (χ0) is 21.2. The van der Waals surface area contributed by atoms with Gasteiger partial charge in [-0.25, -0.2) is 0 Å². The van der Waals surface area contributed by atoms with Gasteiger partial charge in [0.05, 0.1) is 40.5 Å². The standard InChI is InChI=1S/C22H31N3O4.HI/c1-15-7-8-19(27-4)16(11-15)9-10-24-22(23-2)25-14-18-20(28-5)12-17(26-3)13-21(18)29-6;/h7-8,11-13H,9-10,14H2,1-6H3,(H2,23,24,25);1H. The van der Waals surface area contributed by atoms with Gasteiger partial charge >= 0.3 is 0 Å². The second kappa shape index (κ2) is 13.0. The maximum absolute atomic E-state index is 5.50. The molecule has 0 amide bonds. The number of halogens is 1. The van der Waals surface area contributed by atoms with Crippen molar-refractivity contribution in [2.75, 3.05) is 42.0 Å². The zero-order valence-electron chi connectivity index (χ0n) is 18.5. The molecule has 7 nitrogen and oxygen atoms in total. The molecule has 0 saturated heterocycles. The Morgan fingerprint density at radius 1 is 0.867 bits per heavy atom. The SMILES string of the molecule is CN=C(NCCc1cc(C)ccc1OC)NCc1c(OC)cc(OC)cc1OC.I. The molecule has 0 radical (unpaired) electrons. The summed E-state index contributed by atoms with van der Waals surface area (Å²) in [5, 5.41) is 6.64. The largest absolute Gasteiger partial charge is 0.496 e. The van der Waals surface area contributed by atoms with Gasteiger partial charge < -0.3 is 29.6 Å². The van der Waals surface area contributed by atoms with Crippen LogP contribution in [0.25, 0.3) is 0 Å². The van der Waals surface area contributed by atoms with Crippen LogP contribution >= 0.6 is 24.0 Å². The van der Waals surface area contributed by atoms with Gasteiger partial charge in [-0.3, -0.25) is 4.99 Å². The van der Waals surface area contributed by atoms with Gasteiger partial charge in [-0.2, -0.15) is 0 Å². The van der Waals surface area contributed by atoms with E-state index in [4.69, 9.17) is 18.9 Å². The molecule has 0 saturated carbocycles. The maximum Gasteiger partial charge on any atom is 0.191 e. The number of ether oxygens (including phenoxy) is 4. The number of hydrogen-bond acceptors (Lipinski definition) is 5. The van der Waals surface area contributed by atoms with E-state index in [2.05, 4.69) is 28.6 Å². The summed E-state index contributed by atoms with van der Waals surface area (Å²) in [6.45, 7) is 3.28. The van der Waals surface area contributed by atoms with Crippen LogP contribution in [0.1, 0.15) is 16.7 Å². The molecule has 0 atom stereocenters. The number of aliphatic imine (C=N–C) groups is 1. The highest BCUT2D eigenvalue weighted by Crippen LogP contribution is 2.33. The van der Waals surface area contributed by atoms with E-state index in [-0.39, 0.29) is 24.0 Å². The highest BCUT2D eigenvalue weighted by molar-refractivity contribution is 14.0. The number of nitrogens with one attached hydrogen (secondary N) is 2. The Morgan fingerprint density at radius 2 is 1.50 bits per heavy atom. The number of rotatable bonds is 9. The van der Waals surface area contributed by atoms with Gasteiger partial charge in [0.25, 0.3) is 0 Å². The first kappa shape index (κ1) is 25.7. The second-order valence-electron chi connectivity index (χ2n) is 6.43. The highest BCUT2D eigenvalue weighted by atomic mass is 127. The Kier molecular flexibility index (Phi) is 11.2. The number of nitrogens with zero attached hydrogens (tertiary/aromatic N) is 1. The van der Waals surface area contributed by atoms with Crippen molar-refractivity contribution in [1.29, 1.82) is 0 Å². The fraction of sp³-hybridized carbons (Fsp3) is 0.409. The fourth-order valence-electron chi connectivity index (χ4n) is 3.06. The molecule has 30 heavy (non-hydrogen) atoms. The third-order valence-corrected chi connectivity index (χ3v) is 4.60. The fourth-order valence-corrected chi connectivity index (χ4v) is 3.06. The Labute approximate surface area is 196 Å². The second-order valence-corrected chi connectivity index (χ2v) is 6.43. The highest BCUT2D eigenvalue weighted by Gasteiger charge is 2.14. The average Bonchev–Trinajstić information content (AvgIpc) is 2.75. The number of benzene rings is 2. The van der Waals surface area contributed by atoms with E-state index < -0.39 is 0 Å². The summed E-state index contributed by atoms with van der Waals surface area (Å²) in [5.41, 5.74) is 3.26. The summed E-state index contributed by atoms with van der Waals surface area (Å²) in [5.74, 6) is 3.64. The lowest BCUT2D eigenvalue weighted by atomic mass is 10.1. The van der Waals surface area contributed by atoms with E-state index in [1.54, 1.807) is 35.5 Å². The van der Waals surface area contributed by atoms with Crippen molar-refractivity contribution >= 4 is 29.9 Å². The Hall–Kier alpha value is -2.36. The topological polar surface area (TPSA) is 73.3 Å². The van der Waals surface area contributed by atoms with E-state index in [0.29, 0.717) is 29.8 Å². The predicted octanol–water partition coefficient (Wildman–Crippen LogP) is 3.56. The lowest BCUT2D eigenvalue weighted by molar-refractivity contribution is 0.368. The third kappa shape index (κ3) is 6.86. The molecule has 0 spiro atoms. The van der Waals surface area contributed by atoms with E-state index in [9.17, 15) is 0 Å². The van der Waals surface area contributed by atoms with Crippen LogP contribution in [0.15, 0.2) is 35.3 Å². The van der Waals surface area contributed by atoms with Crippen LogP contribution in [0.4, 0.5) is 0 Å². The van der Waals surface area contributed by atoms with E-state index >= 15 is 0 Å². The van der Waals surface area contributed by atoms with Gasteiger partial charge in [0, 0.05) is 25.7 Å². The summed E-state index contributed by atoms with van der Waals surface area (Å²) in [6.07, 6.45) is 0.820. The Bertz CT molecular complexity index is 818. The first-order valence-corrected chi connectivity index (χ1v) is 9.43. The molecule has 0 fully saturated rings. The molecule has 0 unspecified atom stereocenters. The molecule has 2 aromatic rings. The van der Waals surface area contributed by atoms with Gasteiger partial charge in [-0.05, 0) is 25.0 Å². The molecule has 166 valence electrons. The summed E-state index contributed by atoms with van der Waals surface area (Å²) in [7, 11) is 8.30. The van der Waals surface area contributed by atoms with Gasteiger partial charge in [0.1, 0.15) is 23.0 Å². The molecule has 2 N–H and O–H groups in total. The van der Waals surface area contributed by atoms with Crippen molar-refractivity contribution < 1.29 is 18.9 Å². The molecular weight excluding hydrogens is 497 g/mol. The molecule has 2 aromatic carbocycles. The number of aryl methyl sites for hydroxylation is 1. The third-order valence-electron chi connectivity index (χ3n) is 4.60. The smallest absolute Gasteiger partial charge is 0.191 e. The summed E-state index contributed by atoms with van der Waals surface area (Å²) in [6, 6.07) is 9.86. The normalized spacial score (nSPS) is 10.7. The summed E-state index contributed by atoms with van der Waals surface area (Å²) >= 11 is 0. The summed E-state index contributed by atoms with van der Waals surface area (Å²) < 4.78 is 21.7. The van der Waals surface area contributed by atoms with Crippen molar-refractivity contribution in [3.63, 3.8) is 0 Å². The van der Waals surface area contributed by atoms with Crippen LogP contribution in [-0.4, -0.2) is 48.0 Å². The van der Waals surface area contributed by atoms with Crippen LogP contribution in [0.5, 0.6) is 23.0 Å². The molecule has 8 heteroatoms. The Morgan fingerprint density at radius 3 is 2.03 bits per heavy atom. The molecule has 0 aliphatic rings. The average molecular weight is 529 g/mol. The monoisotopic (exact) mass is 529 g/mol. The molecule has 2 rings (SSSR count). The Balaban J connectivity index is 0.00000450. The van der Waals surface area contributed by atoms with Crippen LogP contribution in [0.2, 0.25) is 0 Å². The number of guanidine groups is 1. The molecule has 0 aromatic heterocycles. The van der Waals surface area contributed by atoms with E-state index in [0.717, 1.165) is 29.8 Å². The van der Waals surface area contributed by atoms with Crippen LogP contribution in [0, 0.1) is 6.92 Å². The van der Waals surface area contributed by atoms with Crippen molar-refractivity contribution in [1.82, 2.24) is 10.6 Å². The van der Waals surface area contributed by atoms with Crippen LogP contribution in [-0.2, 0) is 13.0 Å². The van der Waals surface area contributed by atoms with E-state index in [1.165, 1.54) is 5.56 Å². The quantitative estimate of drug-likeness (QED) is 0.294. The zero-order valence-corrected chi connectivity index (χ0v) is 20.8. The predicted molar refractivity (Wildman–Crippen MR) is 131 cm³/mol. The first-order chi connectivity index (χ1) is 14.1. The minimum Gasteiger partial charge on any atom is -0.496 e. The number of hydrogen-bond donors (Lipinski definition) is 2. The van der Waals surface area contributed by atoms with Crippen molar-refractivity contribution in [3.8, 4) is 23.0 Å². The first-order valence-electron chi connectivity index (χ1n) is 9.43. The summed E-state index contributed by atoms with van der Waals surface area (Å²) in [4.78, 5) is 4.30. The molecular formula is C22H32IN3O4. The minimum absolute atomic E-state index is 0. The minimum atomic E-state index is 0. The van der Waals surface area contributed by atoms with Crippen molar-refractivity contribution in [2.45, 2.75) is 19.9 Å². The van der Waals surface area contributed by atoms with Gasteiger partial charge in [0.15, 0.2) is 5.96 Å². The van der Waals surface area contributed by atoms with Gasteiger partial charge in [-0.1, -0.05) is 17.7 Å². The van der Waals surface area contributed by atoms with Gasteiger partial charge in [0.2, 0.25) is 0 Å². The molecule has 0 aliphatic carbocycles. The van der Waals surface area contributed by atoms with Crippen LogP contribution < -0.4 is 29.6 Å². The van der Waals surface area contributed by atoms with E-state index in [1.807, 2.05) is 24.3 Å². The van der Waals surface area contributed by atoms with Crippen molar-refractivity contribution in [3.05, 3.63) is 47.0 Å². The van der Waals surface area contributed by atoms with Crippen LogP contribution in [0.3, 0.4) is 0 Å².